The summed E-state index contributed by atoms with van der Waals surface area (Å²) in [7, 11) is 0. The molecular weight excluding hydrogens is 255 g/mol. The average Bonchev–Trinajstić information content (AvgIpc) is 2.07. The summed E-state index contributed by atoms with van der Waals surface area (Å²) in [6.45, 7) is 0.550. The van der Waals surface area contributed by atoms with Gasteiger partial charge in [0.15, 0.2) is 0 Å². The third-order valence-corrected chi connectivity index (χ3v) is 2.84. The van der Waals surface area contributed by atoms with Gasteiger partial charge in [0, 0.05) is 17.0 Å². The van der Waals surface area contributed by atoms with Crippen molar-refractivity contribution in [2.75, 3.05) is 6.61 Å². The number of fused-ring (bicyclic) bond motifs is 1. The van der Waals surface area contributed by atoms with E-state index in [1.165, 1.54) is 0 Å². The lowest BCUT2D eigenvalue weighted by Gasteiger charge is -2.23. The number of aliphatic hydroxyl groups is 1. The number of halogens is 2. The van der Waals surface area contributed by atoms with E-state index in [0.29, 0.717) is 23.8 Å². The molecule has 13 heavy (non-hydrogen) atoms. The van der Waals surface area contributed by atoms with E-state index in [-0.39, 0.29) is 0 Å². The SMILES string of the molecule is OC1CCOc2c(Br)cc(Cl)cc21. The molecule has 0 saturated heterocycles. The van der Waals surface area contributed by atoms with Crippen LogP contribution in [0.2, 0.25) is 5.02 Å². The van der Waals surface area contributed by atoms with Crippen molar-refractivity contribution >= 4 is 27.5 Å². The summed E-state index contributed by atoms with van der Waals surface area (Å²) in [5, 5.41) is 10.3. The summed E-state index contributed by atoms with van der Waals surface area (Å²) in [4.78, 5) is 0. The van der Waals surface area contributed by atoms with Gasteiger partial charge < -0.3 is 9.84 Å². The summed E-state index contributed by atoms with van der Waals surface area (Å²) in [5.74, 6) is 0.711. The van der Waals surface area contributed by atoms with Crippen LogP contribution in [0.4, 0.5) is 0 Å². The Morgan fingerprint density at radius 1 is 1.54 bits per heavy atom. The zero-order chi connectivity index (χ0) is 9.42. The van der Waals surface area contributed by atoms with Crippen molar-refractivity contribution < 1.29 is 9.84 Å². The molecule has 0 saturated carbocycles. The first kappa shape index (κ1) is 9.31. The van der Waals surface area contributed by atoms with Crippen LogP contribution in [0.1, 0.15) is 18.1 Å². The second-order valence-corrected chi connectivity index (χ2v) is 4.25. The van der Waals surface area contributed by atoms with Gasteiger partial charge in [0.25, 0.3) is 0 Å². The van der Waals surface area contributed by atoms with Gasteiger partial charge in [-0.1, -0.05) is 11.6 Å². The summed E-state index contributed by atoms with van der Waals surface area (Å²) < 4.78 is 6.21. The van der Waals surface area contributed by atoms with Crippen LogP contribution in [0.25, 0.3) is 0 Å². The zero-order valence-corrected chi connectivity index (χ0v) is 9.10. The van der Waals surface area contributed by atoms with E-state index in [1.54, 1.807) is 12.1 Å². The smallest absolute Gasteiger partial charge is 0.139 e. The van der Waals surface area contributed by atoms with Gasteiger partial charge in [-0.05, 0) is 28.1 Å². The second kappa shape index (κ2) is 3.48. The van der Waals surface area contributed by atoms with E-state index in [2.05, 4.69) is 15.9 Å². The van der Waals surface area contributed by atoms with Crippen molar-refractivity contribution in [2.45, 2.75) is 12.5 Å². The molecule has 1 heterocycles. The molecule has 1 aromatic rings. The molecule has 1 aliphatic rings. The van der Waals surface area contributed by atoms with Gasteiger partial charge in [-0.25, -0.2) is 0 Å². The Morgan fingerprint density at radius 2 is 2.31 bits per heavy atom. The minimum atomic E-state index is -0.459. The first-order chi connectivity index (χ1) is 6.18. The fourth-order valence-corrected chi connectivity index (χ4v) is 2.36. The number of hydrogen-bond donors (Lipinski definition) is 1. The van der Waals surface area contributed by atoms with Crippen molar-refractivity contribution in [3.63, 3.8) is 0 Å². The minimum Gasteiger partial charge on any atom is -0.492 e. The highest BCUT2D eigenvalue weighted by molar-refractivity contribution is 9.10. The number of ether oxygens (including phenoxy) is 1. The number of aliphatic hydroxyl groups excluding tert-OH is 1. The van der Waals surface area contributed by atoms with E-state index < -0.39 is 6.10 Å². The maximum absolute atomic E-state index is 9.65. The molecule has 0 aromatic heterocycles. The molecule has 0 spiro atoms. The Labute approximate surface area is 89.6 Å². The highest BCUT2D eigenvalue weighted by atomic mass is 79.9. The lowest BCUT2D eigenvalue weighted by Crippen LogP contribution is -2.14. The van der Waals surface area contributed by atoms with Gasteiger partial charge in [-0.3, -0.25) is 0 Å². The molecule has 0 amide bonds. The number of hydrogen-bond acceptors (Lipinski definition) is 2. The summed E-state index contributed by atoms with van der Waals surface area (Å²) >= 11 is 9.19. The van der Waals surface area contributed by atoms with Crippen LogP contribution in [0.15, 0.2) is 16.6 Å². The highest BCUT2D eigenvalue weighted by Gasteiger charge is 2.21. The maximum Gasteiger partial charge on any atom is 0.139 e. The summed E-state index contributed by atoms with van der Waals surface area (Å²) in [5.41, 5.74) is 0.769. The Balaban J connectivity index is 2.56. The lowest BCUT2D eigenvalue weighted by molar-refractivity contribution is 0.115. The molecule has 1 unspecified atom stereocenters. The van der Waals surface area contributed by atoms with Crippen molar-refractivity contribution in [3.05, 3.63) is 27.2 Å². The highest BCUT2D eigenvalue weighted by Crippen LogP contribution is 2.39. The predicted molar refractivity (Wildman–Crippen MR) is 54.2 cm³/mol. The first-order valence-electron chi connectivity index (χ1n) is 3.98. The van der Waals surface area contributed by atoms with E-state index in [9.17, 15) is 5.11 Å². The molecule has 0 bridgehead atoms. The molecule has 0 radical (unpaired) electrons. The molecule has 70 valence electrons. The van der Waals surface area contributed by atoms with Crippen molar-refractivity contribution in [1.29, 1.82) is 0 Å². The summed E-state index contributed by atoms with van der Waals surface area (Å²) in [6.07, 6.45) is 0.165. The van der Waals surface area contributed by atoms with Crippen LogP contribution in [-0.4, -0.2) is 11.7 Å². The average molecular weight is 264 g/mol. The number of benzene rings is 1. The third-order valence-electron chi connectivity index (χ3n) is 2.03. The normalized spacial score (nSPS) is 20.7. The van der Waals surface area contributed by atoms with Gasteiger partial charge >= 0.3 is 0 Å². The molecule has 1 atom stereocenters. The second-order valence-electron chi connectivity index (χ2n) is 2.96. The van der Waals surface area contributed by atoms with Gasteiger partial charge in [0.05, 0.1) is 17.2 Å². The van der Waals surface area contributed by atoms with E-state index in [1.807, 2.05) is 0 Å². The molecule has 2 rings (SSSR count). The topological polar surface area (TPSA) is 29.5 Å². The van der Waals surface area contributed by atoms with Crippen LogP contribution in [0.5, 0.6) is 5.75 Å². The van der Waals surface area contributed by atoms with Gasteiger partial charge in [0.2, 0.25) is 0 Å². The molecule has 4 heteroatoms. The first-order valence-corrected chi connectivity index (χ1v) is 5.15. The van der Waals surface area contributed by atoms with Crippen molar-refractivity contribution in [2.24, 2.45) is 0 Å². The van der Waals surface area contributed by atoms with Crippen molar-refractivity contribution in [3.8, 4) is 5.75 Å². The molecule has 0 fully saturated rings. The lowest BCUT2D eigenvalue weighted by atomic mass is 10.0. The van der Waals surface area contributed by atoms with Gasteiger partial charge in [-0.2, -0.15) is 0 Å². The molecule has 1 aliphatic heterocycles. The molecule has 1 aromatic carbocycles. The van der Waals surface area contributed by atoms with Gasteiger partial charge in [-0.15, -0.1) is 0 Å². The largest absolute Gasteiger partial charge is 0.492 e. The van der Waals surface area contributed by atoms with Gasteiger partial charge in [0.1, 0.15) is 5.75 Å². The third kappa shape index (κ3) is 1.68. The summed E-state index contributed by atoms with van der Waals surface area (Å²) in [6, 6.07) is 3.50. The molecular formula is C9H8BrClO2. The van der Waals surface area contributed by atoms with Crippen LogP contribution in [-0.2, 0) is 0 Å². The zero-order valence-electron chi connectivity index (χ0n) is 6.76. The fourth-order valence-electron chi connectivity index (χ4n) is 1.41. The monoisotopic (exact) mass is 262 g/mol. The fraction of sp³-hybridized carbons (Fsp3) is 0.333. The van der Waals surface area contributed by atoms with E-state index in [4.69, 9.17) is 16.3 Å². The Morgan fingerprint density at radius 3 is 3.08 bits per heavy atom. The van der Waals surface area contributed by atoms with Crippen LogP contribution in [0, 0.1) is 0 Å². The standard InChI is InChI=1S/C9H8BrClO2/c10-7-4-5(11)3-6-8(12)1-2-13-9(6)7/h3-4,8,12H,1-2H2. The van der Waals surface area contributed by atoms with Crippen LogP contribution in [0.3, 0.4) is 0 Å². The Kier molecular flexibility index (Phi) is 2.49. The number of rotatable bonds is 0. The Hall–Kier alpha value is -0.250. The van der Waals surface area contributed by atoms with Crippen LogP contribution >= 0.6 is 27.5 Å². The van der Waals surface area contributed by atoms with Crippen LogP contribution < -0.4 is 4.74 Å². The van der Waals surface area contributed by atoms with E-state index >= 15 is 0 Å². The quantitative estimate of drug-likeness (QED) is 0.780. The Bertz CT molecular complexity index is 341. The van der Waals surface area contributed by atoms with E-state index in [0.717, 1.165) is 10.0 Å². The maximum atomic E-state index is 9.65. The van der Waals surface area contributed by atoms with Crippen molar-refractivity contribution in [1.82, 2.24) is 0 Å². The predicted octanol–water partition coefficient (Wildman–Crippen LogP) is 2.92. The minimum absolute atomic E-state index is 0.459. The molecule has 1 N–H and O–H groups in total. The molecule has 0 aliphatic carbocycles. The molecule has 2 nitrogen and oxygen atoms in total.